The van der Waals surface area contributed by atoms with Gasteiger partial charge in [-0.15, -0.1) is 0 Å². The van der Waals surface area contributed by atoms with E-state index in [2.05, 4.69) is 5.32 Å². The summed E-state index contributed by atoms with van der Waals surface area (Å²) in [5, 5.41) is 2.58. The molecule has 1 aliphatic heterocycles. The fraction of sp³-hybridized carbons (Fsp3) is 0.471. The molecular formula is C17H20N2O7S. The van der Waals surface area contributed by atoms with E-state index in [9.17, 15) is 22.8 Å². The summed E-state index contributed by atoms with van der Waals surface area (Å²) in [5.74, 6) is -1.82. The molecule has 0 bridgehead atoms. The number of aryl methyl sites for hydroxylation is 1. The maximum absolute atomic E-state index is 12.1. The van der Waals surface area contributed by atoms with E-state index in [1.165, 1.54) is 11.5 Å². The van der Waals surface area contributed by atoms with E-state index in [0.717, 1.165) is 0 Å². The van der Waals surface area contributed by atoms with Crippen molar-refractivity contribution in [1.29, 1.82) is 0 Å². The summed E-state index contributed by atoms with van der Waals surface area (Å²) in [6.07, 6.45) is -0.817. The van der Waals surface area contributed by atoms with Crippen LogP contribution in [-0.4, -0.2) is 48.5 Å². The number of benzene rings is 1. The summed E-state index contributed by atoms with van der Waals surface area (Å²) in [6.45, 7) is 1.47. The quantitative estimate of drug-likeness (QED) is 0.693. The van der Waals surface area contributed by atoms with Gasteiger partial charge in [0, 0.05) is 12.6 Å². The predicted molar refractivity (Wildman–Crippen MR) is 95.8 cm³/mol. The molecule has 1 aliphatic rings. The van der Waals surface area contributed by atoms with Crippen LogP contribution >= 0.6 is 0 Å². The molecule has 0 aliphatic carbocycles. The Labute approximate surface area is 155 Å². The maximum Gasteiger partial charge on any atom is 0.419 e. The van der Waals surface area contributed by atoms with Gasteiger partial charge in [0.2, 0.25) is 0 Å². The summed E-state index contributed by atoms with van der Waals surface area (Å²) in [6, 6.07) is 6.39. The van der Waals surface area contributed by atoms with Gasteiger partial charge in [-0.05, 0) is 25.5 Å². The minimum absolute atomic E-state index is 0.0412. The van der Waals surface area contributed by atoms with E-state index in [1.54, 1.807) is 24.3 Å². The molecule has 1 N–H and O–H groups in total. The molecule has 3 rings (SSSR count). The van der Waals surface area contributed by atoms with E-state index < -0.39 is 39.6 Å². The van der Waals surface area contributed by atoms with Crippen molar-refractivity contribution in [3.63, 3.8) is 0 Å². The van der Waals surface area contributed by atoms with Gasteiger partial charge >= 0.3 is 11.7 Å². The van der Waals surface area contributed by atoms with Crippen LogP contribution in [0, 0.1) is 0 Å². The lowest BCUT2D eigenvalue weighted by molar-refractivity contribution is -0.155. The van der Waals surface area contributed by atoms with Gasteiger partial charge in [-0.3, -0.25) is 14.2 Å². The number of ether oxygens (including phenoxy) is 1. The molecule has 27 heavy (non-hydrogen) atoms. The molecular weight excluding hydrogens is 376 g/mol. The Hall–Kier alpha value is -2.62. The Balaban J connectivity index is 1.52. The Bertz CT molecular complexity index is 1020. The number of hydrogen-bond acceptors (Lipinski definition) is 7. The number of sulfone groups is 1. The lowest BCUT2D eigenvalue weighted by Crippen LogP contribution is -2.42. The number of aromatic nitrogens is 1. The van der Waals surface area contributed by atoms with Gasteiger partial charge in [-0.2, -0.15) is 0 Å². The van der Waals surface area contributed by atoms with Gasteiger partial charge in [0.05, 0.1) is 23.4 Å². The highest BCUT2D eigenvalue weighted by molar-refractivity contribution is 7.91. The van der Waals surface area contributed by atoms with Crippen LogP contribution in [0.25, 0.3) is 11.1 Å². The first-order chi connectivity index (χ1) is 12.7. The van der Waals surface area contributed by atoms with Crippen molar-refractivity contribution in [2.24, 2.45) is 0 Å². The molecule has 1 saturated heterocycles. The monoisotopic (exact) mass is 396 g/mol. The highest BCUT2D eigenvalue weighted by atomic mass is 32.2. The normalized spacial score (nSPS) is 19.7. The van der Waals surface area contributed by atoms with Gasteiger partial charge in [-0.1, -0.05) is 12.1 Å². The second-order valence-corrected chi connectivity index (χ2v) is 8.71. The molecule has 1 aromatic carbocycles. The van der Waals surface area contributed by atoms with Crippen molar-refractivity contribution in [3.8, 4) is 0 Å². The number of nitrogens with one attached hydrogen (secondary N) is 1. The number of hydrogen-bond donors (Lipinski definition) is 1. The third kappa shape index (κ3) is 4.57. The number of rotatable bonds is 6. The number of oxazole rings is 1. The van der Waals surface area contributed by atoms with Gasteiger partial charge in [0.25, 0.3) is 5.91 Å². The molecule has 9 nitrogen and oxygen atoms in total. The van der Waals surface area contributed by atoms with E-state index in [1.807, 2.05) is 0 Å². The number of fused-ring (bicyclic) bond motifs is 1. The average molecular weight is 396 g/mol. The van der Waals surface area contributed by atoms with Crippen LogP contribution in [0.1, 0.15) is 19.8 Å². The molecule has 1 aromatic heterocycles. The minimum atomic E-state index is -3.11. The van der Waals surface area contributed by atoms with Crippen molar-refractivity contribution >= 4 is 32.8 Å². The Morgan fingerprint density at radius 2 is 2.11 bits per heavy atom. The standard InChI is InChI=1S/C17H20N2O7S/c1-11(16(21)18-12-7-9-27(23,24)10-12)25-15(20)6-8-19-13-4-2-3-5-14(13)26-17(19)22/h2-5,11-12H,6-10H2,1H3,(H,18,21)/t11-,12+/m0/s1. The van der Waals surface area contributed by atoms with Gasteiger partial charge in [0.15, 0.2) is 21.5 Å². The zero-order chi connectivity index (χ0) is 19.6. The van der Waals surface area contributed by atoms with Crippen LogP contribution < -0.4 is 11.1 Å². The molecule has 2 heterocycles. The number of esters is 1. The number of para-hydroxylation sites is 2. The first kappa shape index (κ1) is 19.2. The largest absolute Gasteiger partial charge is 0.452 e. The zero-order valence-electron chi connectivity index (χ0n) is 14.7. The number of carbonyl (C=O) groups is 2. The number of carbonyl (C=O) groups excluding carboxylic acids is 2. The molecule has 0 unspecified atom stereocenters. The highest BCUT2D eigenvalue weighted by Gasteiger charge is 2.30. The minimum Gasteiger partial charge on any atom is -0.452 e. The van der Waals surface area contributed by atoms with E-state index in [-0.39, 0.29) is 24.5 Å². The highest BCUT2D eigenvalue weighted by Crippen LogP contribution is 2.13. The molecule has 0 radical (unpaired) electrons. The van der Waals surface area contributed by atoms with Gasteiger partial charge < -0.3 is 14.5 Å². The predicted octanol–water partition coefficient (Wildman–Crippen LogP) is 0.220. The lowest BCUT2D eigenvalue weighted by Gasteiger charge is -2.16. The van der Waals surface area contributed by atoms with Crippen molar-refractivity contribution in [3.05, 3.63) is 34.8 Å². The van der Waals surface area contributed by atoms with Crippen LogP contribution in [0.5, 0.6) is 0 Å². The number of amides is 1. The van der Waals surface area contributed by atoms with Crippen molar-refractivity contribution in [2.75, 3.05) is 11.5 Å². The van der Waals surface area contributed by atoms with Crippen LogP contribution in [0.2, 0.25) is 0 Å². The van der Waals surface area contributed by atoms with Crippen LogP contribution in [-0.2, 0) is 30.7 Å². The molecule has 146 valence electrons. The van der Waals surface area contributed by atoms with Crippen molar-refractivity contribution in [1.82, 2.24) is 9.88 Å². The Kier molecular flexibility index (Phi) is 5.36. The maximum atomic E-state index is 12.1. The van der Waals surface area contributed by atoms with Crippen LogP contribution in [0.3, 0.4) is 0 Å². The van der Waals surface area contributed by atoms with Gasteiger partial charge in [0.1, 0.15) is 0 Å². The molecule has 2 atom stereocenters. The summed E-state index contributed by atoms with van der Waals surface area (Å²) in [7, 11) is -3.11. The van der Waals surface area contributed by atoms with Crippen LogP contribution in [0.15, 0.2) is 33.5 Å². The molecule has 10 heteroatoms. The fourth-order valence-corrected chi connectivity index (χ4v) is 4.64. The first-order valence-electron chi connectivity index (χ1n) is 8.54. The Morgan fingerprint density at radius 1 is 1.37 bits per heavy atom. The van der Waals surface area contributed by atoms with E-state index in [0.29, 0.717) is 17.5 Å². The molecule has 1 amide bonds. The van der Waals surface area contributed by atoms with E-state index >= 15 is 0 Å². The Morgan fingerprint density at radius 3 is 2.81 bits per heavy atom. The fourth-order valence-electron chi connectivity index (χ4n) is 2.97. The smallest absolute Gasteiger partial charge is 0.419 e. The third-order valence-electron chi connectivity index (χ3n) is 4.37. The lowest BCUT2D eigenvalue weighted by atomic mass is 10.2. The van der Waals surface area contributed by atoms with E-state index in [4.69, 9.17) is 9.15 Å². The molecule has 1 fully saturated rings. The summed E-state index contributed by atoms with van der Waals surface area (Å²) in [4.78, 5) is 35.9. The summed E-state index contributed by atoms with van der Waals surface area (Å²) >= 11 is 0. The van der Waals surface area contributed by atoms with Crippen molar-refractivity contribution in [2.45, 2.75) is 38.5 Å². The van der Waals surface area contributed by atoms with Crippen LogP contribution in [0.4, 0.5) is 0 Å². The average Bonchev–Trinajstić information content (AvgIpc) is 3.10. The van der Waals surface area contributed by atoms with Gasteiger partial charge in [-0.25, -0.2) is 13.2 Å². The van der Waals surface area contributed by atoms with Crippen molar-refractivity contribution < 1.29 is 27.2 Å². The zero-order valence-corrected chi connectivity index (χ0v) is 15.5. The molecule has 0 spiro atoms. The summed E-state index contributed by atoms with van der Waals surface area (Å²) < 4.78 is 34.3. The SMILES string of the molecule is C[C@H](OC(=O)CCn1c(=O)oc2ccccc21)C(=O)N[C@@H]1CCS(=O)(=O)C1. The number of nitrogens with zero attached hydrogens (tertiary/aromatic N) is 1. The second kappa shape index (κ2) is 7.55. The summed E-state index contributed by atoms with van der Waals surface area (Å²) in [5.41, 5.74) is 0.999. The molecule has 2 aromatic rings. The third-order valence-corrected chi connectivity index (χ3v) is 6.14. The molecule has 0 saturated carbocycles. The second-order valence-electron chi connectivity index (χ2n) is 6.48. The topological polar surface area (TPSA) is 125 Å². The first-order valence-corrected chi connectivity index (χ1v) is 10.4.